The normalized spacial score (nSPS) is 17.8. The number of aromatic nitrogens is 2. The first-order valence-electron chi connectivity index (χ1n) is 6.41. The van der Waals surface area contributed by atoms with Gasteiger partial charge >= 0.3 is 0 Å². The number of fused-ring (bicyclic) bond motifs is 1. The van der Waals surface area contributed by atoms with Crippen LogP contribution in [0.5, 0.6) is 0 Å². The van der Waals surface area contributed by atoms with Crippen LogP contribution in [0.3, 0.4) is 0 Å². The summed E-state index contributed by atoms with van der Waals surface area (Å²) in [4.78, 5) is 4.60. The lowest BCUT2D eigenvalue weighted by Gasteiger charge is -2.21. The fourth-order valence-corrected chi connectivity index (χ4v) is 3.16. The van der Waals surface area contributed by atoms with Crippen molar-refractivity contribution < 1.29 is 0 Å². The van der Waals surface area contributed by atoms with Gasteiger partial charge in [0.25, 0.3) is 0 Å². The number of pyridine rings is 1. The fraction of sp³-hybridized carbons (Fsp3) is 0.500. The zero-order chi connectivity index (χ0) is 11.8. The number of imidazole rings is 1. The van der Waals surface area contributed by atoms with Crippen LogP contribution in [0.15, 0.2) is 18.2 Å². The summed E-state index contributed by atoms with van der Waals surface area (Å²) in [7, 11) is 0. The van der Waals surface area contributed by atoms with Gasteiger partial charge in [0, 0.05) is 11.6 Å². The highest BCUT2D eigenvalue weighted by Gasteiger charge is 2.22. The molecular weight excluding hydrogens is 232 g/mol. The summed E-state index contributed by atoms with van der Waals surface area (Å²) in [6.45, 7) is 2.12. The van der Waals surface area contributed by atoms with Crippen molar-refractivity contribution in [3.63, 3.8) is 0 Å². The van der Waals surface area contributed by atoms with Gasteiger partial charge in [-0.3, -0.25) is 4.40 Å². The summed E-state index contributed by atoms with van der Waals surface area (Å²) in [6.07, 6.45) is 6.52. The third kappa shape index (κ3) is 1.85. The van der Waals surface area contributed by atoms with Gasteiger partial charge in [-0.05, 0) is 31.9 Å². The molecule has 0 amide bonds. The number of hydrogen-bond donors (Lipinski definition) is 0. The van der Waals surface area contributed by atoms with Crippen LogP contribution < -0.4 is 0 Å². The van der Waals surface area contributed by atoms with Gasteiger partial charge in [0.1, 0.15) is 5.82 Å². The maximum atomic E-state index is 6.24. The molecule has 0 aromatic carbocycles. The van der Waals surface area contributed by atoms with E-state index >= 15 is 0 Å². The maximum absolute atomic E-state index is 6.24. The van der Waals surface area contributed by atoms with E-state index < -0.39 is 0 Å². The molecule has 0 N–H and O–H groups in total. The smallest absolute Gasteiger partial charge is 0.155 e. The predicted molar refractivity (Wildman–Crippen MR) is 70.8 cm³/mol. The van der Waals surface area contributed by atoms with Crippen LogP contribution in [0.25, 0.3) is 5.52 Å². The third-order valence-corrected chi connectivity index (χ3v) is 4.09. The molecule has 0 saturated heterocycles. The van der Waals surface area contributed by atoms with E-state index in [2.05, 4.69) is 28.4 Å². The van der Waals surface area contributed by atoms with E-state index in [0.717, 1.165) is 5.52 Å². The van der Waals surface area contributed by atoms with E-state index in [4.69, 9.17) is 11.6 Å². The molecule has 2 heterocycles. The minimum Gasteiger partial charge on any atom is -0.299 e. The van der Waals surface area contributed by atoms with Crippen LogP contribution in [-0.2, 0) is 0 Å². The third-order valence-electron chi connectivity index (χ3n) is 3.81. The summed E-state index contributed by atoms with van der Waals surface area (Å²) in [6, 6.07) is 6.22. The van der Waals surface area contributed by atoms with Gasteiger partial charge in [-0.15, -0.1) is 0 Å². The molecule has 1 fully saturated rings. The molecule has 0 unspecified atom stereocenters. The van der Waals surface area contributed by atoms with Crippen LogP contribution in [0, 0.1) is 6.92 Å². The van der Waals surface area contributed by atoms with Gasteiger partial charge in [0.2, 0.25) is 0 Å². The largest absolute Gasteiger partial charge is 0.299 e. The predicted octanol–water partition coefficient (Wildman–Crippen LogP) is 4.34. The molecule has 1 aliphatic carbocycles. The maximum Gasteiger partial charge on any atom is 0.155 e. The highest BCUT2D eigenvalue weighted by molar-refractivity contribution is 6.32. The quantitative estimate of drug-likeness (QED) is 0.734. The fourth-order valence-electron chi connectivity index (χ4n) is 2.93. The van der Waals surface area contributed by atoms with Gasteiger partial charge in [-0.25, -0.2) is 4.98 Å². The number of rotatable bonds is 1. The summed E-state index contributed by atoms with van der Waals surface area (Å²) < 4.78 is 2.23. The topological polar surface area (TPSA) is 17.3 Å². The molecule has 3 rings (SSSR count). The lowest BCUT2D eigenvalue weighted by atomic mass is 9.89. The Kier molecular flexibility index (Phi) is 2.83. The molecule has 90 valence electrons. The van der Waals surface area contributed by atoms with Crippen molar-refractivity contribution in [3.05, 3.63) is 34.9 Å². The molecule has 2 aromatic heterocycles. The standard InChI is InChI=1S/C14H17ClN2/c1-10-6-5-9-12-13(15)16-14(17(10)12)11-7-3-2-4-8-11/h5-6,9,11H,2-4,7-8H2,1H3. The number of nitrogens with zero attached hydrogens (tertiary/aromatic N) is 2. The molecule has 0 atom stereocenters. The monoisotopic (exact) mass is 248 g/mol. The van der Waals surface area contributed by atoms with Crippen molar-refractivity contribution in [3.8, 4) is 0 Å². The van der Waals surface area contributed by atoms with E-state index in [1.165, 1.54) is 43.6 Å². The summed E-state index contributed by atoms with van der Waals surface area (Å²) in [5.41, 5.74) is 2.27. The van der Waals surface area contributed by atoms with Crippen molar-refractivity contribution in [2.24, 2.45) is 0 Å². The Morgan fingerprint density at radius 3 is 2.76 bits per heavy atom. The molecule has 17 heavy (non-hydrogen) atoms. The van der Waals surface area contributed by atoms with E-state index in [-0.39, 0.29) is 0 Å². The molecule has 0 bridgehead atoms. The first-order chi connectivity index (χ1) is 8.27. The Bertz CT molecular complexity index is 538. The molecule has 1 aliphatic rings. The average molecular weight is 249 g/mol. The van der Waals surface area contributed by atoms with Gasteiger partial charge in [-0.2, -0.15) is 0 Å². The van der Waals surface area contributed by atoms with Crippen molar-refractivity contribution >= 4 is 17.1 Å². The molecule has 3 heteroatoms. The van der Waals surface area contributed by atoms with Crippen molar-refractivity contribution in [1.29, 1.82) is 0 Å². The second kappa shape index (κ2) is 4.34. The van der Waals surface area contributed by atoms with Gasteiger partial charge < -0.3 is 0 Å². The van der Waals surface area contributed by atoms with Crippen LogP contribution >= 0.6 is 11.6 Å². The summed E-state index contributed by atoms with van der Waals surface area (Å²) >= 11 is 6.24. The van der Waals surface area contributed by atoms with Crippen molar-refractivity contribution in [1.82, 2.24) is 9.38 Å². The Hall–Kier alpha value is -1.02. The van der Waals surface area contributed by atoms with Gasteiger partial charge in [0.05, 0.1) is 5.52 Å². The number of halogens is 1. The molecule has 1 saturated carbocycles. The van der Waals surface area contributed by atoms with Crippen LogP contribution in [0.1, 0.15) is 49.5 Å². The van der Waals surface area contributed by atoms with Gasteiger partial charge in [-0.1, -0.05) is 36.9 Å². The Balaban J connectivity index is 2.15. The molecule has 0 spiro atoms. The molecule has 2 aromatic rings. The van der Waals surface area contributed by atoms with E-state index in [9.17, 15) is 0 Å². The van der Waals surface area contributed by atoms with Crippen molar-refractivity contribution in [2.75, 3.05) is 0 Å². The second-order valence-corrected chi connectivity index (χ2v) is 5.34. The first-order valence-corrected chi connectivity index (χ1v) is 6.78. The van der Waals surface area contributed by atoms with E-state index in [1.807, 2.05) is 6.07 Å². The zero-order valence-corrected chi connectivity index (χ0v) is 10.9. The van der Waals surface area contributed by atoms with Crippen LogP contribution in [0.2, 0.25) is 5.15 Å². The SMILES string of the molecule is Cc1cccc2c(Cl)nc(C3CCCCC3)n12. The van der Waals surface area contributed by atoms with Crippen molar-refractivity contribution in [2.45, 2.75) is 44.9 Å². The summed E-state index contributed by atoms with van der Waals surface area (Å²) in [5, 5.41) is 0.647. The Morgan fingerprint density at radius 2 is 2.00 bits per heavy atom. The zero-order valence-electron chi connectivity index (χ0n) is 10.1. The lowest BCUT2D eigenvalue weighted by Crippen LogP contribution is -2.09. The minimum absolute atomic E-state index is 0.588. The van der Waals surface area contributed by atoms with E-state index in [0.29, 0.717) is 11.1 Å². The summed E-state index contributed by atoms with van der Waals surface area (Å²) in [5.74, 6) is 1.76. The first kappa shape index (κ1) is 11.1. The van der Waals surface area contributed by atoms with Crippen LogP contribution in [-0.4, -0.2) is 9.38 Å². The minimum atomic E-state index is 0.588. The Labute approximate surface area is 107 Å². The molecule has 2 nitrogen and oxygen atoms in total. The number of hydrogen-bond acceptors (Lipinski definition) is 1. The van der Waals surface area contributed by atoms with E-state index in [1.54, 1.807) is 0 Å². The second-order valence-electron chi connectivity index (χ2n) is 4.98. The Morgan fingerprint density at radius 1 is 1.24 bits per heavy atom. The molecule has 0 radical (unpaired) electrons. The lowest BCUT2D eigenvalue weighted by molar-refractivity contribution is 0.427. The van der Waals surface area contributed by atoms with Gasteiger partial charge in [0.15, 0.2) is 5.15 Å². The number of aryl methyl sites for hydroxylation is 1. The molecule has 0 aliphatic heterocycles. The highest BCUT2D eigenvalue weighted by Crippen LogP contribution is 2.34. The molecular formula is C14H17ClN2. The highest BCUT2D eigenvalue weighted by atomic mass is 35.5. The van der Waals surface area contributed by atoms with Crippen LogP contribution in [0.4, 0.5) is 0 Å². The average Bonchev–Trinajstić information content (AvgIpc) is 2.70.